The number of ether oxygens (including phenoxy) is 2. The van der Waals surface area contributed by atoms with Crippen LogP contribution in [0, 0.1) is 11.3 Å². The number of unbranched alkanes of at least 4 members (excludes halogenated alkanes) is 8. The highest BCUT2D eigenvalue weighted by molar-refractivity contribution is 5.95. The minimum atomic E-state index is -0.742. The predicted octanol–water partition coefficient (Wildman–Crippen LogP) is 7.02. The number of methoxy groups -OCH3 is 1. The molecule has 0 aromatic carbocycles. The fourth-order valence-electron chi connectivity index (χ4n) is 4.13. The Hall–Kier alpha value is -2.17. The van der Waals surface area contributed by atoms with Gasteiger partial charge in [-0.1, -0.05) is 77.2 Å². The molecule has 5 heteroatoms. The molecule has 5 nitrogen and oxygen atoms in total. The SMILES string of the molecule is CCCCC/C=C\C/C=C\CCCCCCCC(=O)OC1=CC(=O)CC(C)(C)C1C(=O)OC. The molecule has 0 aromatic rings. The van der Waals surface area contributed by atoms with Crippen molar-refractivity contribution in [1.29, 1.82) is 0 Å². The van der Waals surface area contributed by atoms with E-state index in [-0.39, 0.29) is 24.4 Å². The highest BCUT2D eigenvalue weighted by atomic mass is 16.5. The molecule has 0 saturated carbocycles. The molecular formula is C28H44O5. The van der Waals surface area contributed by atoms with Crippen LogP contribution in [-0.4, -0.2) is 24.8 Å². The molecule has 1 aliphatic carbocycles. The van der Waals surface area contributed by atoms with Gasteiger partial charge < -0.3 is 9.47 Å². The van der Waals surface area contributed by atoms with Crippen molar-refractivity contribution in [2.24, 2.45) is 11.3 Å². The summed E-state index contributed by atoms with van der Waals surface area (Å²) in [6, 6.07) is 0. The maximum atomic E-state index is 12.3. The van der Waals surface area contributed by atoms with E-state index in [0.29, 0.717) is 0 Å². The zero-order valence-corrected chi connectivity index (χ0v) is 21.2. The Morgan fingerprint density at radius 1 is 0.970 bits per heavy atom. The second-order valence-corrected chi connectivity index (χ2v) is 9.59. The van der Waals surface area contributed by atoms with E-state index in [1.54, 1.807) is 0 Å². The topological polar surface area (TPSA) is 69.7 Å². The first kappa shape index (κ1) is 28.9. The molecule has 186 valence electrons. The molecule has 0 radical (unpaired) electrons. The zero-order chi connectivity index (χ0) is 24.5. The molecule has 0 aromatic heterocycles. The Bertz CT molecular complexity index is 699. The molecule has 0 N–H and O–H groups in total. The number of carbonyl (C=O) groups is 3. The van der Waals surface area contributed by atoms with Gasteiger partial charge in [-0.25, -0.2) is 0 Å². The third-order valence-corrected chi connectivity index (χ3v) is 6.00. The van der Waals surface area contributed by atoms with Crippen LogP contribution in [0.25, 0.3) is 0 Å². The minimum absolute atomic E-state index is 0.121. The van der Waals surface area contributed by atoms with Crippen LogP contribution >= 0.6 is 0 Å². The lowest BCUT2D eigenvalue weighted by Gasteiger charge is -2.35. The molecule has 0 aliphatic heterocycles. The summed E-state index contributed by atoms with van der Waals surface area (Å²) >= 11 is 0. The summed E-state index contributed by atoms with van der Waals surface area (Å²) in [5.74, 6) is -1.64. The Morgan fingerprint density at radius 3 is 2.21 bits per heavy atom. The van der Waals surface area contributed by atoms with E-state index in [9.17, 15) is 14.4 Å². The van der Waals surface area contributed by atoms with Gasteiger partial charge in [0.15, 0.2) is 5.78 Å². The molecule has 0 heterocycles. The van der Waals surface area contributed by atoms with Gasteiger partial charge in [-0.05, 0) is 43.9 Å². The standard InChI is InChI=1S/C28H44O5/c1-5-6-7-8-9-10-11-12-13-14-15-16-17-18-19-20-25(30)33-24-21-23(29)22-28(2,3)26(24)27(31)32-4/h9-10,12-13,21,26H,5-8,11,14-20,22H2,1-4H3/b10-9-,13-12-. The van der Waals surface area contributed by atoms with E-state index in [0.717, 1.165) is 44.9 Å². The van der Waals surface area contributed by atoms with Gasteiger partial charge in [0.05, 0.1) is 7.11 Å². The van der Waals surface area contributed by atoms with E-state index >= 15 is 0 Å². The van der Waals surface area contributed by atoms with Crippen LogP contribution in [0.5, 0.6) is 0 Å². The summed E-state index contributed by atoms with van der Waals surface area (Å²) in [6.45, 7) is 5.85. The van der Waals surface area contributed by atoms with Crippen molar-refractivity contribution < 1.29 is 23.9 Å². The summed E-state index contributed by atoms with van der Waals surface area (Å²) in [7, 11) is 1.30. The number of hydrogen-bond acceptors (Lipinski definition) is 5. The first-order chi connectivity index (χ1) is 15.8. The summed E-state index contributed by atoms with van der Waals surface area (Å²) in [6.07, 6.45) is 23.1. The normalized spacial score (nSPS) is 18.0. The number of hydrogen-bond donors (Lipinski definition) is 0. The van der Waals surface area contributed by atoms with E-state index in [1.165, 1.54) is 38.9 Å². The summed E-state index contributed by atoms with van der Waals surface area (Å²) in [5.41, 5.74) is -0.645. The maximum absolute atomic E-state index is 12.3. The van der Waals surface area contributed by atoms with Crippen LogP contribution in [0.1, 0.15) is 104 Å². The van der Waals surface area contributed by atoms with Gasteiger partial charge >= 0.3 is 11.9 Å². The lowest BCUT2D eigenvalue weighted by atomic mass is 9.70. The van der Waals surface area contributed by atoms with Crippen LogP contribution < -0.4 is 0 Å². The second kappa shape index (κ2) is 16.4. The largest absolute Gasteiger partial charge is 0.468 e. The van der Waals surface area contributed by atoms with Crippen LogP contribution in [0.15, 0.2) is 36.1 Å². The number of allylic oxidation sites excluding steroid dienone is 5. The van der Waals surface area contributed by atoms with Crippen LogP contribution in [0.3, 0.4) is 0 Å². The Kier molecular flexibility index (Phi) is 14.4. The van der Waals surface area contributed by atoms with Crippen molar-refractivity contribution in [2.45, 2.75) is 104 Å². The highest BCUT2D eigenvalue weighted by Crippen LogP contribution is 2.41. The van der Waals surface area contributed by atoms with Gasteiger partial charge in [-0.15, -0.1) is 0 Å². The van der Waals surface area contributed by atoms with Gasteiger partial charge in [0, 0.05) is 18.9 Å². The predicted molar refractivity (Wildman–Crippen MR) is 132 cm³/mol. The fourth-order valence-corrected chi connectivity index (χ4v) is 4.13. The first-order valence-corrected chi connectivity index (χ1v) is 12.6. The van der Waals surface area contributed by atoms with Crippen molar-refractivity contribution in [2.75, 3.05) is 7.11 Å². The van der Waals surface area contributed by atoms with Gasteiger partial charge in [0.2, 0.25) is 0 Å². The van der Waals surface area contributed by atoms with Gasteiger partial charge in [-0.2, -0.15) is 0 Å². The average molecular weight is 461 g/mol. The maximum Gasteiger partial charge on any atom is 0.316 e. The van der Waals surface area contributed by atoms with Crippen molar-refractivity contribution >= 4 is 17.7 Å². The van der Waals surface area contributed by atoms with E-state index in [2.05, 4.69) is 31.2 Å². The molecule has 33 heavy (non-hydrogen) atoms. The molecule has 1 atom stereocenters. The Morgan fingerprint density at radius 2 is 1.58 bits per heavy atom. The Labute approximate surface area is 200 Å². The zero-order valence-electron chi connectivity index (χ0n) is 21.2. The van der Waals surface area contributed by atoms with Crippen LogP contribution in [0.2, 0.25) is 0 Å². The Balaban J connectivity index is 2.19. The monoisotopic (exact) mass is 460 g/mol. The third-order valence-electron chi connectivity index (χ3n) is 6.00. The highest BCUT2D eigenvalue weighted by Gasteiger charge is 2.45. The molecule has 0 bridgehead atoms. The lowest BCUT2D eigenvalue weighted by molar-refractivity contribution is -0.153. The van der Waals surface area contributed by atoms with Crippen LogP contribution in [0.4, 0.5) is 0 Å². The van der Waals surface area contributed by atoms with Crippen LogP contribution in [-0.2, 0) is 23.9 Å². The summed E-state index contributed by atoms with van der Waals surface area (Å²) < 4.78 is 10.3. The number of rotatable bonds is 16. The van der Waals surface area contributed by atoms with Gasteiger partial charge in [0.25, 0.3) is 0 Å². The second-order valence-electron chi connectivity index (χ2n) is 9.59. The number of carbonyl (C=O) groups excluding carboxylic acids is 3. The van der Waals surface area contributed by atoms with Gasteiger partial charge in [-0.3, -0.25) is 14.4 Å². The first-order valence-electron chi connectivity index (χ1n) is 12.6. The van der Waals surface area contributed by atoms with E-state index in [1.807, 2.05) is 13.8 Å². The fraction of sp³-hybridized carbons (Fsp3) is 0.679. The molecule has 0 spiro atoms. The molecular weight excluding hydrogens is 416 g/mol. The molecule has 1 aliphatic rings. The lowest BCUT2D eigenvalue weighted by Crippen LogP contribution is -2.39. The van der Waals surface area contributed by atoms with Crippen molar-refractivity contribution in [1.82, 2.24) is 0 Å². The van der Waals surface area contributed by atoms with Gasteiger partial charge in [0.1, 0.15) is 11.7 Å². The average Bonchev–Trinajstić information content (AvgIpc) is 2.75. The third kappa shape index (κ3) is 12.0. The smallest absolute Gasteiger partial charge is 0.316 e. The summed E-state index contributed by atoms with van der Waals surface area (Å²) in [4.78, 5) is 36.5. The number of esters is 2. The van der Waals surface area contributed by atoms with E-state index in [4.69, 9.17) is 9.47 Å². The van der Waals surface area contributed by atoms with Crippen molar-refractivity contribution in [3.8, 4) is 0 Å². The quantitative estimate of drug-likeness (QED) is 0.141. The van der Waals surface area contributed by atoms with E-state index < -0.39 is 23.3 Å². The van der Waals surface area contributed by atoms with Crippen molar-refractivity contribution in [3.63, 3.8) is 0 Å². The molecule has 0 fully saturated rings. The summed E-state index contributed by atoms with van der Waals surface area (Å²) in [5, 5.41) is 0. The molecule has 1 unspecified atom stereocenters. The molecule has 0 saturated heterocycles. The molecule has 1 rings (SSSR count). The minimum Gasteiger partial charge on any atom is -0.468 e. The van der Waals surface area contributed by atoms with Crippen molar-refractivity contribution in [3.05, 3.63) is 36.1 Å². The molecule has 0 amide bonds. The number of ketones is 1.